The topological polar surface area (TPSA) is 72.2 Å². The molecule has 0 fully saturated rings. The van der Waals surface area contributed by atoms with Crippen LogP contribution < -0.4 is 0 Å². The molecule has 1 aromatic heterocycles. The SMILES string of the molecule is C[C@H](c1ccccc1)n1cnc(F)c1C(=O)C(=O)O. The minimum absolute atomic E-state index is 0.392. The van der Waals surface area contributed by atoms with Crippen LogP contribution in [-0.2, 0) is 4.79 Å². The van der Waals surface area contributed by atoms with E-state index in [1.807, 2.05) is 6.07 Å². The number of ketones is 1. The highest BCUT2D eigenvalue weighted by Gasteiger charge is 2.27. The molecule has 19 heavy (non-hydrogen) atoms. The van der Waals surface area contributed by atoms with E-state index in [0.29, 0.717) is 0 Å². The summed E-state index contributed by atoms with van der Waals surface area (Å²) in [4.78, 5) is 25.6. The molecule has 0 bridgehead atoms. The first-order chi connectivity index (χ1) is 9.02. The standard InChI is InChI=1S/C13H11FN2O3/c1-8(9-5-3-2-4-6-9)16-7-15-12(14)10(16)11(17)13(18)19/h2-8H,1H3,(H,18,19)/t8-/m1/s1. The molecule has 1 heterocycles. The molecule has 98 valence electrons. The van der Waals surface area contributed by atoms with Gasteiger partial charge in [-0.25, -0.2) is 9.78 Å². The first kappa shape index (κ1) is 12.9. The summed E-state index contributed by atoms with van der Waals surface area (Å²) in [5.74, 6) is -4.09. The molecule has 0 saturated carbocycles. The minimum Gasteiger partial charge on any atom is -0.475 e. The lowest BCUT2D eigenvalue weighted by Crippen LogP contribution is -2.21. The van der Waals surface area contributed by atoms with Crippen LogP contribution in [0.3, 0.4) is 0 Å². The average molecular weight is 262 g/mol. The molecule has 1 aromatic carbocycles. The smallest absolute Gasteiger partial charge is 0.379 e. The van der Waals surface area contributed by atoms with Gasteiger partial charge in [0.15, 0.2) is 5.69 Å². The van der Waals surface area contributed by atoms with E-state index in [0.717, 1.165) is 11.9 Å². The molecule has 0 unspecified atom stereocenters. The molecule has 0 aliphatic heterocycles. The number of carbonyl (C=O) groups excluding carboxylic acids is 1. The Bertz CT molecular complexity index is 622. The number of rotatable bonds is 4. The minimum atomic E-state index is -1.71. The second-order valence-electron chi connectivity index (χ2n) is 4.01. The molecule has 6 heteroatoms. The Labute approximate surface area is 108 Å². The lowest BCUT2D eigenvalue weighted by atomic mass is 10.1. The molecule has 0 amide bonds. The summed E-state index contributed by atoms with van der Waals surface area (Å²) in [5, 5.41) is 8.70. The summed E-state index contributed by atoms with van der Waals surface area (Å²) in [7, 11) is 0. The maximum absolute atomic E-state index is 13.5. The van der Waals surface area contributed by atoms with Crippen LogP contribution in [-0.4, -0.2) is 26.4 Å². The van der Waals surface area contributed by atoms with Crippen molar-refractivity contribution in [3.8, 4) is 0 Å². The van der Waals surface area contributed by atoms with Gasteiger partial charge in [0.25, 0.3) is 5.78 Å². The van der Waals surface area contributed by atoms with E-state index in [1.54, 1.807) is 31.2 Å². The lowest BCUT2D eigenvalue weighted by molar-refractivity contribution is -0.131. The number of carboxylic acid groups (broad SMARTS) is 1. The van der Waals surface area contributed by atoms with Crippen molar-refractivity contribution in [2.24, 2.45) is 0 Å². The molecule has 5 nitrogen and oxygen atoms in total. The van der Waals surface area contributed by atoms with E-state index in [4.69, 9.17) is 5.11 Å². The molecule has 1 N–H and O–H groups in total. The number of aromatic nitrogens is 2. The van der Waals surface area contributed by atoms with E-state index < -0.39 is 29.4 Å². The van der Waals surface area contributed by atoms with Crippen LogP contribution in [0.4, 0.5) is 4.39 Å². The van der Waals surface area contributed by atoms with Gasteiger partial charge in [-0.3, -0.25) is 4.79 Å². The second kappa shape index (κ2) is 5.01. The first-order valence-electron chi connectivity index (χ1n) is 5.57. The van der Waals surface area contributed by atoms with E-state index >= 15 is 0 Å². The second-order valence-corrected chi connectivity index (χ2v) is 4.01. The third-order valence-corrected chi connectivity index (χ3v) is 2.86. The number of carbonyl (C=O) groups is 2. The molecule has 2 aromatic rings. The predicted molar refractivity (Wildman–Crippen MR) is 64.4 cm³/mol. The van der Waals surface area contributed by atoms with Crippen molar-refractivity contribution in [3.63, 3.8) is 0 Å². The Hall–Kier alpha value is -2.50. The molecule has 2 rings (SSSR count). The summed E-state index contributed by atoms with van der Waals surface area (Å²) in [6.45, 7) is 1.73. The van der Waals surface area contributed by atoms with Crippen molar-refractivity contribution in [3.05, 3.63) is 53.9 Å². The number of nitrogens with zero attached hydrogens (tertiary/aromatic N) is 2. The van der Waals surface area contributed by atoms with Gasteiger partial charge in [0.1, 0.15) is 0 Å². The number of Topliss-reactive ketones (excluding diaryl/α,β-unsaturated/α-hetero) is 1. The van der Waals surface area contributed by atoms with Gasteiger partial charge < -0.3 is 9.67 Å². The third-order valence-electron chi connectivity index (χ3n) is 2.86. The molecular formula is C13H11FN2O3. The normalized spacial score (nSPS) is 12.1. The molecule has 0 aliphatic rings. The van der Waals surface area contributed by atoms with Crippen molar-refractivity contribution in [1.82, 2.24) is 9.55 Å². The molecule has 1 atom stereocenters. The Balaban J connectivity index is 2.47. The summed E-state index contributed by atoms with van der Waals surface area (Å²) >= 11 is 0. The monoisotopic (exact) mass is 262 g/mol. The zero-order chi connectivity index (χ0) is 14.0. The van der Waals surface area contributed by atoms with Crippen LogP contribution in [0.5, 0.6) is 0 Å². The number of hydrogen-bond acceptors (Lipinski definition) is 3. The van der Waals surface area contributed by atoms with Gasteiger partial charge in [-0.1, -0.05) is 30.3 Å². The summed E-state index contributed by atoms with van der Waals surface area (Å²) in [6, 6.07) is 8.65. The van der Waals surface area contributed by atoms with Crippen molar-refractivity contribution in [1.29, 1.82) is 0 Å². The highest BCUT2D eigenvalue weighted by molar-refractivity contribution is 6.39. The summed E-state index contributed by atoms with van der Waals surface area (Å²) < 4.78 is 14.7. The summed E-state index contributed by atoms with van der Waals surface area (Å²) in [6.07, 6.45) is 1.13. The summed E-state index contributed by atoms with van der Waals surface area (Å²) in [5.41, 5.74) is 0.281. The molecule has 0 aliphatic carbocycles. The van der Waals surface area contributed by atoms with Crippen molar-refractivity contribution >= 4 is 11.8 Å². The fourth-order valence-electron chi connectivity index (χ4n) is 1.84. The average Bonchev–Trinajstić information content (AvgIpc) is 2.79. The lowest BCUT2D eigenvalue weighted by Gasteiger charge is -2.15. The largest absolute Gasteiger partial charge is 0.475 e. The van der Waals surface area contributed by atoms with Gasteiger partial charge in [-0.05, 0) is 12.5 Å². The van der Waals surface area contributed by atoms with Crippen LogP contribution >= 0.6 is 0 Å². The van der Waals surface area contributed by atoms with Gasteiger partial charge in [-0.2, -0.15) is 4.39 Å². The van der Waals surface area contributed by atoms with Gasteiger partial charge in [0, 0.05) is 0 Å². The van der Waals surface area contributed by atoms with Crippen LogP contribution in [0.15, 0.2) is 36.7 Å². The quantitative estimate of drug-likeness (QED) is 0.674. The maximum atomic E-state index is 13.5. The molecular weight excluding hydrogens is 251 g/mol. The van der Waals surface area contributed by atoms with Crippen molar-refractivity contribution in [2.75, 3.05) is 0 Å². The number of hydrogen-bond donors (Lipinski definition) is 1. The van der Waals surface area contributed by atoms with Crippen LogP contribution in [0.2, 0.25) is 0 Å². The van der Waals surface area contributed by atoms with Crippen LogP contribution in [0, 0.1) is 5.95 Å². The Morgan fingerprint density at radius 3 is 2.53 bits per heavy atom. The number of halogens is 1. The fourth-order valence-corrected chi connectivity index (χ4v) is 1.84. The third kappa shape index (κ3) is 2.37. The van der Waals surface area contributed by atoms with Gasteiger partial charge in [0.2, 0.25) is 5.95 Å². The Kier molecular flexibility index (Phi) is 3.41. The predicted octanol–water partition coefficient (Wildman–Crippen LogP) is 1.90. The van der Waals surface area contributed by atoms with Gasteiger partial charge in [-0.15, -0.1) is 0 Å². The number of benzene rings is 1. The maximum Gasteiger partial charge on any atom is 0.379 e. The molecule has 0 spiro atoms. The van der Waals surface area contributed by atoms with Crippen molar-refractivity contribution in [2.45, 2.75) is 13.0 Å². The molecule has 0 radical (unpaired) electrons. The fraction of sp³-hybridized carbons (Fsp3) is 0.154. The van der Waals surface area contributed by atoms with E-state index in [1.165, 1.54) is 4.57 Å². The van der Waals surface area contributed by atoms with Crippen LogP contribution in [0.25, 0.3) is 0 Å². The molecule has 0 saturated heterocycles. The highest BCUT2D eigenvalue weighted by atomic mass is 19.1. The Morgan fingerprint density at radius 1 is 1.32 bits per heavy atom. The van der Waals surface area contributed by atoms with E-state index in [2.05, 4.69) is 4.98 Å². The van der Waals surface area contributed by atoms with E-state index in [-0.39, 0.29) is 0 Å². The van der Waals surface area contributed by atoms with Crippen LogP contribution in [0.1, 0.15) is 29.0 Å². The zero-order valence-corrected chi connectivity index (χ0v) is 10.1. The number of carboxylic acids is 1. The number of aliphatic carboxylic acids is 1. The Morgan fingerprint density at radius 2 is 1.95 bits per heavy atom. The zero-order valence-electron chi connectivity index (χ0n) is 10.1. The van der Waals surface area contributed by atoms with Gasteiger partial charge >= 0.3 is 5.97 Å². The van der Waals surface area contributed by atoms with Gasteiger partial charge in [0.05, 0.1) is 12.4 Å². The van der Waals surface area contributed by atoms with E-state index in [9.17, 15) is 14.0 Å². The highest BCUT2D eigenvalue weighted by Crippen LogP contribution is 2.21. The van der Waals surface area contributed by atoms with Crippen molar-refractivity contribution < 1.29 is 19.1 Å². The first-order valence-corrected chi connectivity index (χ1v) is 5.57. The number of imidazole rings is 1.